The Morgan fingerprint density at radius 2 is 1.85 bits per heavy atom. The van der Waals surface area contributed by atoms with E-state index in [4.69, 9.17) is 0 Å². The van der Waals surface area contributed by atoms with Gasteiger partial charge in [0.2, 0.25) is 0 Å². The first kappa shape index (κ1) is 20.1. The first-order valence-electron chi connectivity index (χ1n) is 9.08. The van der Waals surface area contributed by atoms with Gasteiger partial charge >= 0.3 is 0 Å². The lowest BCUT2D eigenvalue weighted by Crippen LogP contribution is -2.29. The van der Waals surface area contributed by atoms with Crippen molar-refractivity contribution >= 4 is 5.91 Å². The number of carbonyl (C=O) groups is 1. The number of aryl methyl sites for hydroxylation is 2. The van der Waals surface area contributed by atoms with Crippen molar-refractivity contribution in [3.8, 4) is 0 Å². The van der Waals surface area contributed by atoms with Gasteiger partial charge in [0, 0.05) is 12.2 Å². The molecular formula is C22H29NO3. The maximum Gasteiger partial charge on any atom is 0.251 e. The van der Waals surface area contributed by atoms with Gasteiger partial charge in [0.15, 0.2) is 0 Å². The molecular weight excluding hydrogens is 326 g/mol. The fourth-order valence-corrected chi connectivity index (χ4v) is 2.81. The number of hydrogen-bond acceptors (Lipinski definition) is 3. The molecule has 2 rings (SSSR count). The number of aliphatic hydroxyl groups is 2. The Kier molecular flexibility index (Phi) is 6.95. The van der Waals surface area contributed by atoms with E-state index in [0.29, 0.717) is 24.8 Å². The molecule has 3 N–H and O–H groups in total. The van der Waals surface area contributed by atoms with E-state index >= 15 is 0 Å². The number of benzene rings is 2. The van der Waals surface area contributed by atoms with Crippen LogP contribution < -0.4 is 5.32 Å². The second-order valence-electron chi connectivity index (χ2n) is 7.46. The molecule has 1 atom stereocenters. The highest BCUT2D eigenvalue weighted by atomic mass is 16.3. The van der Waals surface area contributed by atoms with E-state index in [-0.39, 0.29) is 18.6 Å². The summed E-state index contributed by atoms with van der Waals surface area (Å²) in [4.78, 5) is 12.7. The van der Waals surface area contributed by atoms with E-state index in [1.165, 1.54) is 0 Å². The minimum atomic E-state index is -0.726. The SMILES string of the molecule is Cc1ccc(C(CCO)NC(=O)c2cccc(CCC(C)(C)O)c2)cc1. The van der Waals surface area contributed by atoms with Crippen LogP contribution in [0.15, 0.2) is 48.5 Å². The van der Waals surface area contributed by atoms with Crippen LogP contribution in [0.1, 0.15) is 59.8 Å². The van der Waals surface area contributed by atoms with E-state index < -0.39 is 5.60 Å². The van der Waals surface area contributed by atoms with Crippen LogP contribution in [0.25, 0.3) is 0 Å². The van der Waals surface area contributed by atoms with Crippen LogP contribution in [0.5, 0.6) is 0 Å². The van der Waals surface area contributed by atoms with Gasteiger partial charge in [-0.15, -0.1) is 0 Å². The number of hydrogen-bond donors (Lipinski definition) is 3. The number of carbonyl (C=O) groups excluding carboxylic acids is 1. The minimum Gasteiger partial charge on any atom is -0.396 e. The zero-order chi connectivity index (χ0) is 19.2. The summed E-state index contributed by atoms with van der Waals surface area (Å²) in [5.41, 5.74) is 3.02. The van der Waals surface area contributed by atoms with Crippen LogP contribution in [0.2, 0.25) is 0 Å². The van der Waals surface area contributed by atoms with Crippen molar-refractivity contribution in [1.29, 1.82) is 0 Å². The smallest absolute Gasteiger partial charge is 0.251 e. The summed E-state index contributed by atoms with van der Waals surface area (Å²) in [5, 5.41) is 22.3. The fourth-order valence-electron chi connectivity index (χ4n) is 2.81. The average molecular weight is 355 g/mol. The van der Waals surface area contributed by atoms with Gasteiger partial charge < -0.3 is 15.5 Å². The molecule has 0 aliphatic heterocycles. The largest absolute Gasteiger partial charge is 0.396 e. The van der Waals surface area contributed by atoms with E-state index in [2.05, 4.69) is 5.32 Å². The lowest BCUT2D eigenvalue weighted by molar-refractivity contribution is 0.0714. The molecule has 26 heavy (non-hydrogen) atoms. The van der Waals surface area contributed by atoms with E-state index in [1.807, 2.05) is 49.4 Å². The lowest BCUT2D eigenvalue weighted by Gasteiger charge is -2.19. The highest BCUT2D eigenvalue weighted by Crippen LogP contribution is 2.19. The summed E-state index contributed by atoms with van der Waals surface area (Å²) in [6, 6.07) is 15.2. The highest BCUT2D eigenvalue weighted by Gasteiger charge is 2.16. The zero-order valence-electron chi connectivity index (χ0n) is 15.8. The number of rotatable bonds is 8. The van der Waals surface area contributed by atoms with Crippen LogP contribution in [-0.4, -0.2) is 28.3 Å². The lowest BCUT2D eigenvalue weighted by atomic mass is 9.97. The maximum atomic E-state index is 12.7. The van der Waals surface area contributed by atoms with Crippen LogP contribution >= 0.6 is 0 Å². The molecule has 0 spiro atoms. The van der Waals surface area contributed by atoms with E-state index in [0.717, 1.165) is 16.7 Å². The molecule has 0 saturated carbocycles. The molecule has 1 amide bonds. The topological polar surface area (TPSA) is 69.6 Å². The summed E-state index contributed by atoms with van der Waals surface area (Å²) in [6.45, 7) is 5.59. The molecule has 4 nitrogen and oxygen atoms in total. The van der Waals surface area contributed by atoms with Gasteiger partial charge in [-0.3, -0.25) is 4.79 Å². The fraction of sp³-hybridized carbons (Fsp3) is 0.409. The van der Waals surface area contributed by atoms with Gasteiger partial charge in [-0.1, -0.05) is 42.0 Å². The summed E-state index contributed by atoms with van der Waals surface area (Å²) in [6.07, 6.45) is 1.81. The molecule has 0 radical (unpaired) electrons. The third-order valence-corrected chi connectivity index (χ3v) is 4.42. The predicted molar refractivity (Wildman–Crippen MR) is 104 cm³/mol. The van der Waals surface area contributed by atoms with Crippen LogP contribution in [0, 0.1) is 6.92 Å². The predicted octanol–water partition coefficient (Wildman–Crippen LogP) is 3.55. The molecule has 0 aromatic heterocycles. The Morgan fingerprint density at radius 3 is 2.46 bits per heavy atom. The number of nitrogens with one attached hydrogen (secondary N) is 1. The van der Waals surface area contributed by atoms with Crippen molar-refractivity contribution in [1.82, 2.24) is 5.32 Å². The molecule has 0 saturated heterocycles. The third kappa shape index (κ3) is 6.28. The Balaban J connectivity index is 2.10. The summed E-state index contributed by atoms with van der Waals surface area (Å²) < 4.78 is 0. The molecule has 0 bridgehead atoms. The monoisotopic (exact) mass is 355 g/mol. The molecule has 2 aromatic carbocycles. The molecule has 0 aliphatic rings. The zero-order valence-corrected chi connectivity index (χ0v) is 15.8. The number of amides is 1. The summed E-state index contributed by atoms with van der Waals surface area (Å²) in [5.74, 6) is -0.158. The quantitative estimate of drug-likeness (QED) is 0.678. The standard InChI is InChI=1S/C22H29NO3/c1-16-7-9-18(10-8-16)20(12-14-24)23-21(25)19-6-4-5-17(15-19)11-13-22(2,3)26/h4-10,15,20,24,26H,11-14H2,1-3H3,(H,23,25). The van der Waals surface area contributed by atoms with Gasteiger partial charge in [0.1, 0.15) is 0 Å². The maximum absolute atomic E-state index is 12.7. The third-order valence-electron chi connectivity index (χ3n) is 4.42. The van der Waals surface area contributed by atoms with Gasteiger partial charge in [-0.25, -0.2) is 0 Å². The Morgan fingerprint density at radius 1 is 1.15 bits per heavy atom. The minimum absolute atomic E-state index is 0.00441. The first-order valence-corrected chi connectivity index (χ1v) is 9.08. The van der Waals surface area contributed by atoms with E-state index in [9.17, 15) is 15.0 Å². The average Bonchev–Trinajstić information content (AvgIpc) is 2.60. The number of aliphatic hydroxyl groups excluding tert-OH is 1. The van der Waals surface area contributed by atoms with Gasteiger partial charge in [0.25, 0.3) is 5.91 Å². The first-order chi connectivity index (χ1) is 12.3. The van der Waals surface area contributed by atoms with Crippen molar-refractivity contribution < 1.29 is 15.0 Å². The normalized spacial score (nSPS) is 12.7. The van der Waals surface area contributed by atoms with Crippen molar-refractivity contribution in [2.45, 2.75) is 51.7 Å². The van der Waals surface area contributed by atoms with Crippen molar-refractivity contribution in [2.75, 3.05) is 6.61 Å². The van der Waals surface area contributed by atoms with Crippen molar-refractivity contribution in [3.63, 3.8) is 0 Å². The molecule has 0 fully saturated rings. The Hall–Kier alpha value is -2.17. The molecule has 2 aromatic rings. The summed E-state index contributed by atoms with van der Waals surface area (Å²) >= 11 is 0. The van der Waals surface area contributed by atoms with Crippen molar-refractivity contribution in [2.24, 2.45) is 0 Å². The molecule has 0 aliphatic carbocycles. The Labute approximate surface area is 155 Å². The summed E-state index contributed by atoms with van der Waals surface area (Å²) in [7, 11) is 0. The van der Waals surface area contributed by atoms with Gasteiger partial charge in [-0.05, 0) is 63.3 Å². The Bertz CT molecular complexity index is 717. The van der Waals surface area contributed by atoms with Crippen LogP contribution in [-0.2, 0) is 6.42 Å². The molecule has 0 heterocycles. The van der Waals surface area contributed by atoms with Crippen LogP contribution in [0.3, 0.4) is 0 Å². The highest BCUT2D eigenvalue weighted by molar-refractivity contribution is 5.94. The molecule has 1 unspecified atom stereocenters. The van der Waals surface area contributed by atoms with Crippen molar-refractivity contribution in [3.05, 3.63) is 70.8 Å². The van der Waals surface area contributed by atoms with Crippen LogP contribution in [0.4, 0.5) is 0 Å². The second-order valence-corrected chi connectivity index (χ2v) is 7.46. The van der Waals surface area contributed by atoms with Gasteiger partial charge in [0.05, 0.1) is 11.6 Å². The van der Waals surface area contributed by atoms with Gasteiger partial charge in [-0.2, -0.15) is 0 Å². The molecule has 140 valence electrons. The second kappa shape index (κ2) is 8.97. The molecule has 4 heteroatoms. The van der Waals surface area contributed by atoms with E-state index in [1.54, 1.807) is 19.9 Å².